The predicted octanol–water partition coefficient (Wildman–Crippen LogP) is 2.97. The van der Waals surface area contributed by atoms with Crippen molar-refractivity contribution in [2.45, 2.75) is 25.4 Å². The second-order valence-electron chi connectivity index (χ2n) is 4.78. The van der Waals surface area contributed by atoms with E-state index < -0.39 is 0 Å². The third-order valence-corrected chi connectivity index (χ3v) is 4.12. The number of aliphatic hydroxyl groups excluding tert-OH is 1. The van der Waals surface area contributed by atoms with Gasteiger partial charge in [0, 0.05) is 11.3 Å². The lowest BCUT2D eigenvalue weighted by atomic mass is 10.3. The van der Waals surface area contributed by atoms with E-state index in [1.165, 1.54) is 17.8 Å². The molecule has 1 aromatic carbocycles. The van der Waals surface area contributed by atoms with Crippen molar-refractivity contribution < 1.29 is 14.6 Å². The fraction of sp³-hybridized carbons (Fsp3) is 0.400. The molecular formula is C15H17NO3S. The Morgan fingerprint density at radius 2 is 1.85 bits per heavy atom. The van der Waals surface area contributed by atoms with Gasteiger partial charge in [-0.1, -0.05) is 0 Å². The molecule has 1 aliphatic rings. The number of aliphatic hydroxyl groups is 1. The van der Waals surface area contributed by atoms with E-state index in [1.54, 1.807) is 11.3 Å². The van der Waals surface area contributed by atoms with Crippen LogP contribution in [0.15, 0.2) is 29.6 Å². The molecule has 0 saturated heterocycles. The molecule has 5 heteroatoms. The fourth-order valence-electron chi connectivity index (χ4n) is 1.86. The summed E-state index contributed by atoms with van der Waals surface area (Å²) in [6, 6.07) is 7.39. The monoisotopic (exact) mass is 291 g/mol. The Balaban J connectivity index is 1.51. The third kappa shape index (κ3) is 3.49. The van der Waals surface area contributed by atoms with Crippen LogP contribution in [0.1, 0.15) is 29.5 Å². The molecule has 3 rings (SSSR count). The van der Waals surface area contributed by atoms with Gasteiger partial charge in [-0.15, -0.1) is 11.3 Å². The predicted molar refractivity (Wildman–Crippen MR) is 77.4 cm³/mol. The number of aromatic nitrogens is 1. The van der Waals surface area contributed by atoms with Crippen LogP contribution in [0.25, 0.3) is 0 Å². The van der Waals surface area contributed by atoms with Crippen molar-refractivity contribution in [1.29, 1.82) is 0 Å². The Hall–Kier alpha value is -1.59. The van der Waals surface area contributed by atoms with Crippen LogP contribution < -0.4 is 9.47 Å². The minimum Gasteiger partial charge on any atom is -0.491 e. The van der Waals surface area contributed by atoms with Crippen molar-refractivity contribution in [3.8, 4) is 11.5 Å². The van der Waals surface area contributed by atoms with Gasteiger partial charge in [0.05, 0.1) is 17.3 Å². The average molecular weight is 291 g/mol. The summed E-state index contributed by atoms with van der Waals surface area (Å²) in [5, 5.41) is 12.0. The number of nitrogens with zero attached hydrogens (tertiary/aromatic N) is 1. The first-order valence-electron chi connectivity index (χ1n) is 6.76. The molecule has 0 aliphatic heterocycles. The van der Waals surface area contributed by atoms with Crippen molar-refractivity contribution in [3.63, 3.8) is 0 Å². The Labute approximate surface area is 122 Å². The van der Waals surface area contributed by atoms with Gasteiger partial charge in [0.1, 0.15) is 24.7 Å². The molecule has 1 N–H and O–H groups in total. The fourth-order valence-corrected chi connectivity index (χ4v) is 2.84. The van der Waals surface area contributed by atoms with Gasteiger partial charge >= 0.3 is 0 Å². The average Bonchev–Trinajstić information content (AvgIpc) is 3.23. The van der Waals surface area contributed by atoms with Crippen LogP contribution in [0.2, 0.25) is 0 Å². The molecule has 1 saturated carbocycles. The summed E-state index contributed by atoms with van der Waals surface area (Å²) < 4.78 is 11.0. The largest absolute Gasteiger partial charge is 0.491 e. The lowest BCUT2D eigenvalue weighted by molar-refractivity contribution is 0.201. The molecular weight excluding hydrogens is 274 g/mol. The highest BCUT2D eigenvalue weighted by molar-refractivity contribution is 7.09. The zero-order chi connectivity index (χ0) is 13.8. The lowest BCUT2D eigenvalue weighted by Crippen LogP contribution is -2.01. The highest BCUT2D eigenvalue weighted by atomic mass is 32.1. The maximum atomic E-state index is 8.68. The Bertz CT molecular complexity index is 549. The molecule has 0 spiro atoms. The Morgan fingerprint density at radius 1 is 1.15 bits per heavy atom. The van der Waals surface area contributed by atoms with E-state index in [9.17, 15) is 0 Å². The molecule has 4 nitrogen and oxygen atoms in total. The van der Waals surface area contributed by atoms with Gasteiger partial charge in [-0.2, -0.15) is 0 Å². The van der Waals surface area contributed by atoms with Crippen LogP contribution in [-0.4, -0.2) is 23.3 Å². The van der Waals surface area contributed by atoms with Gasteiger partial charge in [-0.25, -0.2) is 4.98 Å². The van der Waals surface area contributed by atoms with Gasteiger partial charge in [0.2, 0.25) is 0 Å². The van der Waals surface area contributed by atoms with Gasteiger partial charge in [0.15, 0.2) is 0 Å². The number of benzene rings is 1. The van der Waals surface area contributed by atoms with E-state index in [0.717, 1.165) is 17.2 Å². The SMILES string of the molecule is OCCOc1ccc(OCc2csc(C3CC3)n2)cc1. The van der Waals surface area contributed by atoms with Crippen molar-refractivity contribution in [1.82, 2.24) is 4.98 Å². The molecule has 0 radical (unpaired) electrons. The molecule has 1 aliphatic carbocycles. The van der Waals surface area contributed by atoms with Crippen molar-refractivity contribution >= 4 is 11.3 Å². The lowest BCUT2D eigenvalue weighted by Gasteiger charge is -2.06. The Morgan fingerprint density at radius 3 is 2.50 bits per heavy atom. The molecule has 20 heavy (non-hydrogen) atoms. The molecule has 0 atom stereocenters. The van der Waals surface area contributed by atoms with Gasteiger partial charge < -0.3 is 14.6 Å². The minimum absolute atomic E-state index is 0.0193. The topological polar surface area (TPSA) is 51.6 Å². The van der Waals surface area contributed by atoms with Gasteiger partial charge in [-0.3, -0.25) is 0 Å². The molecule has 0 bridgehead atoms. The number of thiazole rings is 1. The standard InChI is InChI=1S/C15H17NO3S/c17-7-8-18-13-3-5-14(6-4-13)19-9-12-10-20-15(16-12)11-1-2-11/h3-6,10-11,17H,1-2,7-9H2. The summed E-state index contributed by atoms with van der Waals surface area (Å²) in [7, 11) is 0. The Kier molecular flexibility index (Phi) is 4.18. The van der Waals surface area contributed by atoms with Crippen LogP contribution in [0, 0.1) is 0 Å². The van der Waals surface area contributed by atoms with Gasteiger partial charge in [-0.05, 0) is 37.1 Å². The second kappa shape index (κ2) is 6.24. The van der Waals surface area contributed by atoms with Crippen LogP contribution in [0.4, 0.5) is 0 Å². The van der Waals surface area contributed by atoms with Crippen molar-refractivity contribution in [2.24, 2.45) is 0 Å². The maximum Gasteiger partial charge on any atom is 0.131 e. The normalized spacial score (nSPS) is 14.2. The molecule has 106 valence electrons. The van der Waals surface area contributed by atoms with Crippen LogP contribution in [0.3, 0.4) is 0 Å². The van der Waals surface area contributed by atoms with Crippen LogP contribution >= 0.6 is 11.3 Å². The first-order valence-corrected chi connectivity index (χ1v) is 7.64. The van der Waals surface area contributed by atoms with Gasteiger partial charge in [0.25, 0.3) is 0 Å². The van der Waals surface area contributed by atoms with E-state index in [0.29, 0.717) is 19.1 Å². The van der Waals surface area contributed by atoms with E-state index in [-0.39, 0.29) is 6.61 Å². The summed E-state index contributed by atoms with van der Waals surface area (Å²) in [6.07, 6.45) is 2.56. The van der Waals surface area contributed by atoms with Crippen LogP contribution in [-0.2, 0) is 6.61 Å². The van der Waals surface area contributed by atoms with Crippen molar-refractivity contribution in [2.75, 3.05) is 13.2 Å². The van der Waals surface area contributed by atoms with E-state index >= 15 is 0 Å². The smallest absolute Gasteiger partial charge is 0.131 e. The van der Waals surface area contributed by atoms with E-state index in [4.69, 9.17) is 14.6 Å². The summed E-state index contributed by atoms with van der Waals surface area (Å²) in [5.74, 6) is 2.23. The number of hydrogen-bond donors (Lipinski definition) is 1. The summed E-state index contributed by atoms with van der Waals surface area (Å²) in [4.78, 5) is 4.59. The van der Waals surface area contributed by atoms with E-state index in [1.807, 2.05) is 24.3 Å². The highest BCUT2D eigenvalue weighted by Gasteiger charge is 2.26. The van der Waals surface area contributed by atoms with Crippen LogP contribution in [0.5, 0.6) is 11.5 Å². The molecule has 2 aromatic rings. The summed E-state index contributed by atoms with van der Waals surface area (Å²) in [5.41, 5.74) is 0.998. The maximum absolute atomic E-state index is 8.68. The number of ether oxygens (including phenoxy) is 2. The first-order chi connectivity index (χ1) is 9.85. The summed E-state index contributed by atoms with van der Waals surface area (Å²) >= 11 is 1.73. The second-order valence-corrected chi connectivity index (χ2v) is 5.67. The summed E-state index contributed by atoms with van der Waals surface area (Å²) in [6.45, 7) is 0.828. The molecule has 0 amide bonds. The quantitative estimate of drug-likeness (QED) is 0.852. The minimum atomic E-state index is 0.0193. The van der Waals surface area contributed by atoms with Crippen molar-refractivity contribution in [3.05, 3.63) is 40.3 Å². The first kappa shape index (κ1) is 13.4. The highest BCUT2D eigenvalue weighted by Crippen LogP contribution is 2.41. The third-order valence-electron chi connectivity index (χ3n) is 3.07. The molecule has 1 heterocycles. The zero-order valence-corrected chi connectivity index (χ0v) is 11.9. The number of hydrogen-bond acceptors (Lipinski definition) is 5. The van der Waals surface area contributed by atoms with E-state index in [2.05, 4.69) is 10.4 Å². The molecule has 0 unspecified atom stereocenters. The zero-order valence-electron chi connectivity index (χ0n) is 11.1. The molecule has 1 fully saturated rings. The number of rotatable bonds is 7. The molecule has 1 aromatic heterocycles.